The smallest absolute Gasteiger partial charge is 0.135 e. The van der Waals surface area contributed by atoms with E-state index in [1.165, 1.54) is 64.7 Å². The minimum absolute atomic E-state index is 0.376. The van der Waals surface area contributed by atoms with E-state index in [9.17, 15) is 4.79 Å². The molecule has 2 heterocycles. The summed E-state index contributed by atoms with van der Waals surface area (Å²) < 4.78 is 0. The van der Waals surface area contributed by atoms with Crippen LogP contribution in [0.25, 0.3) is 0 Å². The molecule has 0 N–H and O–H groups in total. The van der Waals surface area contributed by atoms with Crippen LogP contribution in [0.15, 0.2) is 0 Å². The molecule has 0 amide bonds. The van der Waals surface area contributed by atoms with Gasteiger partial charge in [0.2, 0.25) is 0 Å². The van der Waals surface area contributed by atoms with Gasteiger partial charge in [0.1, 0.15) is 5.78 Å². The fraction of sp³-hybridized carbons (Fsp3) is 0.955. The highest BCUT2D eigenvalue weighted by molar-refractivity contribution is 5.80. The molecule has 0 radical (unpaired) electrons. The molecule has 3 nitrogen and oxygen atoms in total. The lowest BCUT2D eigenvalue weighted by Gasteiger charge is -2.45. The average molecular weight is 349 g/mol. The first-order valence-electron chi connectivity index (χ1n) is 11.1. The van der Waals surface area contributed by atoms with Crippen molar-refractivity contribution < 1.29 is 4.79 Å². The lowest BCUT2D eigenvalue weighted by molar-refractivity contribution is -0.123. The highest BCUT2D eigenvalue weighted by Crippen LogP contribution is 2.32. The molecule has 1 saturated carbocycles. The predicted octanol–water partition coefficient (Wildman–Crippen LogP) is 4.36. The number of Topliss-reactive ketones (excluding diaryl/α,β-unsaturated/α-hetero) is 1. The van der Waals surface area contributed by atoms with Crippen LogP contribution in [0.1, 0.15) is 78.6 Å². The van der Waals surface area contributed by atoms with Gasteiger partial charge in [-0.25, -0.2) is 0 Å². The van der Waals surface area contributed by atoms with Crippen molar-refractivity contribution in [1.82, 2.24) is 9.80 Å². The maximum atomic E-state index is 11.9. The van der Waals surface area contributed by atoms with E-state index in [0.29, 0.717) is 11.7 Å². The quantitative estimate of drug-likeness (QED) is 0.737. The van der Waals surface area contributed by atoms with Crippen molar-refractivity contribution in [3.05, 3.63) is 0 Å². The van der Waals surface area contributed by atoms with Gasteiger partial charge < -0.3 is 9.80 Å². The Labute approximate surface area is 155 Å². The van der Waals surface area contributed by atoms with Crippen LogP contribution in [0.3, 0.4) is 0 Å². The minimum Gasteiger partial charge on any atom is -0.300 e. The Morgan fingerprint density at radius 3 is 1.76 bits per heavy atom. The topological polar surface area (TPSA) is 23.6 Å². The molecule has 3 rings (SSSR count). The number of rotatable bonds is 5. The van der Waals surface area contributed by atoms with Crippen molar-refractivity contribution in [2.24, 2.45) is 17.8 Å². The number of likely N-dealkylation sites (tertiary alicyclic amines) is 2. The van der Waals surface area contributed by atoms with E-state index in [-0.39, 0.29) is 0 Å². The maximum absolute atomic E-state index is 11.9. The van der Waals surface area contributed by atoms with Crippen molar-refractivity contribution in [1.29, 1.82) is 0 Å². The molecule has 0 aromatic carbocycles. The Bertz CT molecular complexity index is 412. The number of ketones is 1. The molecular formula is C22H40N2O. The van der Waals surface area contributed by atoms with E-state index < -0.39 is 0 Å². The molecule has 2 saturated heterocycles. The second kappa shape index (κ2) is 8.99. The van der Waals surface area contributed by atoms with E-state index in [2.05, 4.69) is 23.6 Å². The molecule has 0 aromatic heterocycles. The van der Waals surface area contributed by atoms with Gasteiger partial charge in [0.25, 0.3) is 0 Å². The third kappa shape index (κ3) is 4.86. The number of carbonyl (C=O) groups excluding carboxylic acids is 1. The summed E-state index contributed by atoms with van der Waals surface area (Å²) in [7, 11) is 0. The second-order valence-corrected chi connectivity index (χ2v) is 9.21. The molecule has 0 atom stereocenters. The highest BCUT2D eigenvalue weighted by atomic mass is 16.1. The fourth-order valence-corrected chi connectivity index (χ4v) is 5.62. The zero-order valence-corrected chi connectivity index (χ0v) is 16.9. The number of piperidine rings is 2. The molecule has 0 unspecified atom stereocenters. The van der Waals surface area contributed by atoms with Crippen LogP contribution in [-0.2, 0) is 4.79 Å². The Kier molecular flexibility index (Phi) is 6.96. The van der Waals surface area contributed by atoms with Gasteiger partial charge in [0.15, 0.2) is 0 Å². The third-order valence-corrected chi connectivity index (χ3v) is 7.55. The van der Waals surface area contributed by atoms with Crippen LogP contribution >= 0.6 is 0 Å². The molecular weight excluding hydrogens is 308 g/mol. The molecule has 2 aliphatic heterocycles. The van der Waals surface area contributed by atoms with Crippen molar-refractivity contribution >= 4 is 5.78 Å². The van der Waals surface area contributed by atoms with Gasteiger partial charge in [0.05, 0.1) is 0 Å². The molecule has 0 spiro atoms. The molecule has 0 aromatic rings. The molecule has 25 heavy (non-hydrogen) atoms. The van der Waals surface area contributed by atoms with Gasteiger partial charge in [-0.1, -0.05) is 20.8 Å². The molecule has 3 heteroatoms. The van der Waals surface area contributed by atoms with Crippen LogP contribution < -0.4 is 0 Å². The first-order chi connectivity index (χ1) is 12.1. The normalized spacial score (nSPS) is 31.5. The predicted molar refractivity (Wildman–Crippen MR) is 105 cm³/mol. The zero-order valence-electron chi connectivity index (χ0n) is 16.9. The fourth-order valence-electron chi connectivity index (χ4n) is 5.62. The third-order valence-electron chi connectivity index (χ3n) is 7.55. The lowest BCUT2D eigenvalue weighted by atomic mass is 9.81. The SMILES string of the molecule is CCC(=O)C1CCC(N2CCC(N3CCC(C(C)C)CC3)CC2)CC1. The summed E-state index contributed by atoms with van der Waals surface area (Å²) >= 11 is 0. The van der Waals surface area contributed by atoms with Crippen LogP contribution in [-0.4, -0.2) is 53.8 Å². The van der Waals surface area contributed by atoms with E-state index in [1.807, 2.05) is 6.92 Å². The van der Waals surface area contributed by atoms with Gasteiger partial charge >= 0.3 is 0 Å². The van der Waals surface area contributed by atoms with Gasteiger partial charge in [-0.05, 0) is 89.4 Å². The zero-order chi connectivity index (χ0) is 17.8. The summed E-state index contributed by atoms with van der Waals surface area (Å²) in [5.41, 5.74) is 0. The summed E-state index contributed by atoms with van der Waals surface area (Å²) in [6.07, 6.45) is 11.1. The Balaban J connectivity index is 1.39. The van der Waals surface area contributed by atoms with Gasteiger partial charge in [-0.3, -0.25) is 4.79 Å². The summed E-state index contributed by atoms with van der Waals surface area (Å²) in [5.74, 6) is 2.69. The molecule has 3 fully saturated rings. The van der Waals surface area contributed by atoms with Gasteiger partial charge in [0, 0.05) is 24.4 Å². The molecule has 1 aliphatic carbocycles. The van der Waals surface area contributed by atoms with Crippen molar-refractivity contribution in [2.45, 2.75) is 90.6 Å². The number of nitrogens with zero attached hydrogens (tertiary/aromatic N) is 2. The monoisotopic (exact) mass is 348 g/mol. The minimum atomic E-state index is 0.376. The number of hydrogen-bond acceptors (Lipinski definition) is 3. The van der Waals surface area contributed by atoms with Gasteiger partial charge in [-0.2, -0.15) is 0 Å². The summed E-state index contributed by atoms with van der Waals surface area (Å²) in [6, 6.07) is 1.59. The molecule has 0 bridgehead atoms. The van der Waals surface area contributed by atoms with Crippen molar-refractivity contribution in [3.8, 4) is 0 Å². The van der Waals surface area contributed by atoms with E-state index in [0.717, 1.165) is 43.2 Å². The number of hydrogen-bond donors (Lipinski definition) is 0. The van der Waals surface area contributed by atoms with Crippen molar-refractivity contribution in [2.75, 3.05) is 26.2 Å². The molecule has 3 aliphatic rings. The lowest BCUT2D eigenvalue weighted by Crippen LogP contribution is -2.50. The summed E-state index contributed by atoms with van der Waals surface area (Å²) in [6.45, 7) is 12.0. The van der Waals surface area contributed by atoms with Crippen LogP contribution in [0.4, 0.5) is 0 Å². The Hall–Kier alpha value is -0.410. The highest BCUT2D eigenvalue weighted by Gasteiger charge is 2.33. The number of carbonyl (C=O) groups is 1. The van der Waals surface area contributed by atoms with E-state index in [1.54, 1.807) is 0 Å². The maximum Gasteiger partial charge on any atom is 0.135 e. The van der Waals surface area contributed by atoms with Crippen molar-refractivity contribution in [3.63, 3.8) is 0 Å². The first kappa shape index (κ1) is 19.4. The van der Waals surface area contributed by atoms with Crippen LogP contribution in [0, 0.1) is 17.8 Å². The average Bonchev–Trinajstić information content (AvgIpc) is 2.67. The second-order valence-electron chi connectivity index (χ2n) is 9.21. The van der Waals surface area contributed by atoms with Gasteiger partial charge in [-0.15, -0.1) is 0 Å². The first-order valence-corrected chi connectivity index (χ1v) is 11.1. The summed E-state index contributed by atoms with van der Waals surface area (Å²) in [5, 5.41) is 0. The summed E-state index contributed by atoms with van der Waals surface area (Å²) in [4.78, 5) is 17.5. The Morgan fingerprint density at radius 1 is 0.800 bits per heavy atom. The largest absolute Gasteiger partial charge is 0.300 e. The Morgan fingerprint density at radius 2 is 1.28 bits per heavy atom. The standard InChI is InChI=1S/C22H40N2O/c1-4-22(25)19-5-7-20(8-6-19)24-15-11-21(12-16-24)23-13-9-18(10-14-23)17(2)3/h17-21H,4-16H2,1-3H3. The van der Waals surface area contributed by atoms with E-state index in [4.69, 9.17) is 0 Å². The van der Waals surface area contributed by atoms with Crippen LogP contribution in [0.5, 0.6) is 0 Å². The molecule has 144 valence electrons. The van der Waals surface area contributed by atoms with E-state index >= 15 is 0 Å². The van der Waals surface area contributed by atoms with Crippen LogP contribution in [0.2, 0.25) is 0 Å².